The zero-order valence-corrected chi connectivity index (χ0v) is 16.2. The van der Waals surface area contributed by atoms with E-state index in [1.165, 1.54) is 0 Å². The van der Waals surface area contributed by atoms with Gasteiger partial charge >= 0.3 is 0 Å². The summed E-state index contributed by atoms with van der Waals surface area (Å²) in [6, 6.07) is 22.9. The van der Waals surface area contributed by atoms with E-state index >= 15 is 0 Å². The molecule has 28 heavy (non-hydrogen) atoms. The predicted molar refractivity (Wildman–Crippen MR) is 112 cm³/mol. The fourth-order valence-electron chi connectivity index (χ4n) is 3.48. The lowest BCUT2D eigenvalue weighted by molar-refractivity contribution is 0.411. The number of methoxy groups -OCH3 is 1. The number of benzene rings is 3. The average Bonchev–Trinajstić information content (AvgIpc) is 2.74. The van der Waals surface area contributed by atoms with Crippen molar-refractivity contribution in [3.8, 4) is 11.5 Å². The SMILES string of the molecule is COc1cccc(C2=N[C@@H](c3ccc(Cl)cc3)N[C@H](c3ccccc3O)C2)c1. The molecule has 0 bridgehead atoms. The van der Waals surface area contributed by atoms with Crippen molar-refractivity contribution in [1.82, 2.24) is 5.32 Å². The van der Waals surface area contributed by atoms with Crippen molar-refractivity contribution in [2.45, 2.75) is 18.6 Å². The van der Waals surface area contributed by atoms with Crippen LogP contribution in [0.4, 0.5) is 0 Å². The maximum atomic E-state index is 10.4. The summed E-state index contributed by atoms with van der Waals surface area (Å²) in [6.45, 7) is 0. The van der Waals surface area contributed by atoms with E-state index < -0.39 is 0 Å². The van der Waals surface area contributed by atoms with Gasteiger partial charge in [0.05, 0.1) is 7.11 Å². The molecule has 3 aromatic carbocycles. The second kappa shape index (κ2) is 8.05. The third-order valence-corrected chi connectivity index (χ3v) is 5.19. The number of nitrogens with zero attached hydrogens (tertiary/aromatic N) is 1. The summed E-state index contributed by atoms with van der Waals surface area (Å²) in [5, 5.41) is 14.6. The molecule has 0 aliphatic carbocycles. The number of phenolic OH excluding ortho intramolecular Hbond substituents is 1. The van der Waals surface area contributed by atoms with E-state index in [1.807, 2.05) is 66.7 Å². The zero-order valence-electron chi connectivity index (χ0n) is 15.5. The number of halogens is 1. The van der Waals surface area contributed by atoms with Gasteiger partial charge in [0.15, 0.2) is 0 Å². The van der Waals surface area contributed by atoms with Gasteiger partial charge in [0.1, 0.15) is 17.7 Å². The lowest BCUT2D eigenvalue weighted by Gasteiger charge is -2.31. The molecule has 0 saturated carbocycles. The highest BCUT2D eigenvalue weighted by Crippen LogP contribution is 2.34. The molecule has 0 spiro atoms. The highest BCUT2D eigenvalue weighted by molar-refractivity contribution is 6.30. The predicted octanol–water partition coefficient (Wildman–Crippen LogP) is 5.28. The van der Waals surface area contributed by atoms with Crippen molar-refractivity contribution in [2.75, 3.05) is 7.11 Å². The van der Waals surface area contributed by atoms with Crippen LogP contribution in [0, 0.1) is 0 Å². The molecule has 1 aliphatic heterocycles. The maximum Gasteiger partial charge on any atom is 0.126 e. The van der Waals surface area contributed by atoms with Crippen LogP contribution in [0.5, 0.6) is 11.5 Å². The number of para-hydroxylation sites is 1. The molecule has 0 unspecified atom stereocenters. The molecule has 2 atom stereocenters. The first-order valence-corrected chi connectivity index (χ1v) is 9.52. The molecule has 4 nitrogen and oxygen atoms in total. The van der Waals surface area contributed by atoms with Crippen LogP contribution in [-0.2, 0) is 0 Å². The number of ether oxygens (including phenoxy) is 1. The van der Waals surface area contributed by atoms with Gasteiger partial charge in [0.25, 0.3) is 0 Å². The first-order valence-electron chi connectivity index (χ1n) is 9.14. The first-order chi connectivity index (χ1) is 13.6. The average molecular weight is 393 g/mol. The number of rotatable bonds is 4. The summed E-state index contributed by atoms with van der Waals surface area (Å²) in [6.07, 6.45) is 0.422. The highest BCUT2D eigenvalue weighted by Gasteiger charge is 2.27. The van der Waals surface area contributed by atoms with E-state index in [0.717, 1.165) is 28.2 Å². The van der Waals surface area contributed by atoms with Crippen molar-refractivity contribution >= 4 is 17.3 Å². The Labute approximate surface area is 169 Å². The van der Waals surface area contributed by atoms with Crippen LogP contribution in [0.15, 0.2) is 77.8 Å². The highest BCUT2D eigenvalue weighted by atomic mass is 35.5. The van der Waals surface area contributed by atoms with E-state index in [1.54, 1.807) is 13.2 Å². The van der Waals surface area contributed by atoms with Crippen LogP contribution in [0.2, 0.25) is 5.02 Å². The Balaban J connectivity index is 1.76. The van der Waals surface area contributed by atoms with Crippen molar-refractivity contribution in [1.29, 1.82) is 0 Å². The normalized spacial score (nSPS) is 19.1. The summed E-state index contributed by atoms with van der Waals surface area (Å²) in [7, 11) is 1.66. The summed E-state index contributed by atoms with van der Waals surface area (Å²) >= 11 is 6.05. The van der Waals surface area contributed by atoms with E-state index in [0.29, 0.717) is 11.4 Å². The van der Waals surface area contributed by atoms with Gasteiger partial charge in [0.2, 0.25) is 0 Å². The molecule has 4 rings (SSSR count). The summed E-state index contributed by atoms with van der Waals surface area (Å²) in [5.74, 6) is 1.07. The van der Waals surface area contributed by atoms with Crippen molar-refractivity contribution in [3.05, 3.63) is 94.5 Å². The van der Waals surface area contributed by atoms with Gasteiger partial charge in [-0.3, -0.25) is 10.3 Å². The fraction of sp³-hybridized carbons (Fsp3) is 0.174. The van der Waals surface area contributed by atoms with Crippen LogP contribution >= 0.6 is 11.6 Å². The second-order valence-electron chi connectivity index (χ2n) is 6.74. The zero-order chi connectivity index (χ0) is 19.5. The monoisotopic (exact) mass is 392 g/mol. The molecule has 2 N–H and O–H groups in total. The van der Waals surface area contributed by atoms with Gasteiger partial charge < -0.3 is 9.84 Å². The molecule has 1 aliphatic rings. The van der Waals surface area contributed by atoms with Gasteiger partial charge in [-0.15, -0.1) is 0 Å². The Morgan fingerprint density at radius 3 is 2.57 bits per heavy atom. The minimum atomic E-state index is -0.239. The number of nitrogens with one attached hydrogen (secondary N) is 1. The van der Waals surface area contributed by atoms with Crippen molar-refractivity contribution < 1.29 is 9.84 Å². The lowest BCUT2D eigenvalue weighted by atomic mass is 9.93. The Hall–Kier alpha value is -2.82. The van der Waals surface area contributed by atoms with Gasteiger partial charge in [0, 0.05) is 28.8 Å². The van der Waals surface area contributed by atoms with E-state index in [2.05, 4.69) is 5.32 Å². The number of phenols is 1. The number of hydrogen-bond donors (Lipinski definition) is 2. The van der Waals surface area contributed by atoms with Crippen molar-refractivity contribution in [3.63, 3.8) is 0 Å². The lowest BCUT2D eigenvalue weighted by Crippen LogP contribution is -2.33. The van der Waals surface area contributed by atoms with Crippen LogP contribution in [0.25, 0.3) is 0 Å². The molecule has 5 heteroatoms. The molecule has 0 radical (unpaired) electrons. The van der Waals surface area contributed by atoms with Gasteiger partial charge in [-0.2, -0.15) is 0 Å². The molecule has 0 fully saturated rings. The molecule has 3 aromatic rings. The third-order valence-electron chi connectivity index (χ3n) is 4.94. The Bertz CT molecular complexity index is 1000. The number of aliphatic imine (C=N–C) groups is 1. The quantitative estimate of drug-likeness (QED) is 0.635. The van der Waals surface area contributed by atoms with Crippen LogP contribution in [0.1, 0.15) is 35.3 Å². The van der Waals surface area contributed by atoms with Crippen LogP contribution in [0.3, 0.4) is 0 Å². The minimum absolute atomic E-state index is 0.0689. The molecule has 142 valence electrons. The molecule has 1 heterocycles. The Kier molecular flexibility index (Phi) is 5.33. The summed E-state index contributed by atoms with van der Waals surface area (Å²) < 4.78 is 5.38. The van der Waals surface area contributed by atoms with E-state index in [-0.39, 0.29) is 18.0 Å². The maximum absolute atomic E-state index is 10.4. The smallest absolute Gasteiger partial charge is 0.126 e. The number of aromatic hydroxyl groups is 1. The molecular formula is C23H21ClN2O2. The minimum Gasteiger partial charge on any atom is -0.508 e. The van der Waals surface area contributed by atoms with Crippen LogP contribution < -0.4 is 10.1 Å². The first kappa shape index (κ1) is 18.5. The van der Waals surface area contributed by atoms with Gasteiger partial charge in [-0.05, 0) is 41.5 Å². The summed E-state index contributed by atoms with van der Waals surface area (Å²) in [5.41, 5.74) is 3.85. The van der Waals surface area contributed by atoms with E-state index in [9.17, 15) is 5.11 Å². The molecule has 0 saturated heterocycles. The van der Waals surface area contributed by atoms with Crippen molar-refractivity contribution in [2.24, 2.45) is 4.99 Å². The third kappa shape index (κ3) is 3.88. The topological polar surface area (TPSA) is 53.8 Å². The molecule has 0 amide bonds. The Morgan fingerprint density at radius 1 is 1.04 bits per heavy atom. The Morgan fingerprint density at radius 2 is 1.82 bits per heavy atom. The molecule has 0 aromatic heterocycles. The van der Waals surface area contributed by atoms with Crippen LogP contribution in [-0.4, -0.2) is 17.9 Å². The summed E-state index contributed by atoms with van der Waals surface area (Å²) in [4.78, 5) is 4.96. The number of hydrogen-bond acceptors (Lipinski definition) is 4. The second-order valence-corrected chi connectivity index (χ2v) is 7.18. The fourth-order valence-corrected chi connectivity index (χ4v) is 3.61. The van der Waals surface area contributed by atoms with E-state index in [4.69, 9.17) is 21.3 Å². The molecular weight excluding hydrogens is 372 g/mol. The standard InChI is InChI=1S/C23H21ClN2O2/c1-28-18-6-4-5-16(13-18)20-14-21(19-7-2-3-8-22(19)27)26-23(25-20)15-9-11-17(24)12-10-15/h2-13,21,23,26-27H,14H2,1H3/t21-,23+/m0/s1. The largest absolute Gasteiger partial charge is 0.508 e. The van der Waals surface area contributed by atoms with Gasteiger partial charge in [-0.1, -0.05) is 54.1 Å². The van der Waals surface area contributed by atoms with Gasteiger partial charge in [-0.25, -0.2) is 0 Å².